The summed E-state index contributed by atoms with van der Waals surface area (Å²) in [6, 6.07) is 11.5. The van der Waals surface area contributed by atoms with Crippen LogP contribution in [0.15, 0.2) is 42.5 Å². The summed E-state index contributed by atoms with van der Waals surface area (Å²) in [5.74, 6) is -1.70. The summed E-state index contributed by atoms with van der Waals surface area (Å²) in [4.78, 5) is 47.0. The number of likely N-dealkylation sites (tertiary alicyclic amines) is 3. The molecule has 0 unspecified atom stereocenters. The number of ether oxygens (including phenoxy) is 2. The second-order valence-corrected chi connectivity index (χ2v) is 14.2. The number of aliphatic carboxylic acids is 1. The second-order valence-electron chi connectivity index (χ2n) is 14.2. The number of rotatable bonds is 10. The number of carboxylic acid groups (broad SMARTS) is 1. The number of carbonyl (C=O) groups excluding carboxylic acids is 2. The predicted molar refractivity (Wildman–Crippen MR) is 180 cm³/mol. The summed E-state index contributed by atoms with van der Waals surface area (Å²) in [6.07, 6.45) is -1.86. The summed E-state index contributed by atoms with van der Waals surface area (Å²) in [5.41, 5.74) is 1.37. The maximum atomic E-state index is 14.6. The van der Waals surface area contributed by atoms with Crippen LogP contribution in [0.1, 0.15) is 54.2 Å². The summed E-state index contributed by atoms with van der Waals surface area (Å²) >= 11 is 0. The van der Waals surface area contributed by atoms with Gasteiger partial charge in [-0.05, 0) is 61.1 Å². The van der Waals surface area contributed by atoms with Gasteiger partial charge in [-0.1, -0.05) is 18.2 Å². The highest BCUT2D eigenvalue weighted by Gasteiger charge is 2.46. The highest BCUT2D eigenvalue weighted by atomic mass is 19.4. The van der Waals surface area contributed by atoms with E-state index in [9.17, 15) is 32.7 Å². The first kappa shape index (κ1) is 36.0. The molecule has 0 bridgehead atoms. The van der Waals surface area contributed by atoms with Crippen molar-refractivity contribution < 1.29 is 42.1 Å². The lowest BCUT2D eigenvalue weighted by Gasteiger charge is -2.35. The Balaban J connectivity index is 1.27. The van der Waals surface area contributed by atoms with E-state index in [-0.39, 0.29) is 36.1 Å². The van der Waals surface area contributed by atoms with E-state index in [2.05, 4.69) is 4.90 Å². The van der Waals surface area contributed by atoms with Gasteiger partial charge >= 0.3 is 12.1 Å². The van der Waals surface area contributed by atoms with Crippen molar-refractivity contribution in [2.24, 2.45) is 17.8 Å². The summed E-state index contributed by atoms with van der Waals surface area (Å²) < 4.78 is 52.9. The van der Waals surface area contributed by atoms with Crippen LogP contribution in [0, 0.1) is 17.8 Å². The fraction of sp³-hybridized carbons (Fsp3) is 0.595. The number of hydrogen-bond acceptors (Lipinski definition) is 7. The standard InChI is InChI=1S/C37H47F3N4O6/c1-49-23-26-18-44(21-31(26)29-10-7-27(37(38,39)40)17-33(29)42-15-11-25(12-16-42)36(47)48)35(46)32-20-41(22-34(45)43-13-3-4-14-43)19-30(32)24-5-8-28(50-2)9-6-24/h5-10,17,25-26,30-32H,3-4,11-16,18-23H2,1-2H3,(H,47,48)/t26-,30+,31+,32-/m1/s1. The van der Waals surface area contributed by atoms with Gasteiger partial charge in [0.25, 0.3) is 0 Å². The van der Waals surface area contributed by atoms with Crippen LogP contribution in [0.4, 0.5) is 18.9 Å². The summed E-state index contributed by atoms with van der Waals surface area (Å²) in [6.45, 7) is 4.42. The van der Waals surface area contributed by atoms with E-state index in [0.29, 0.717) is 75.7 Å². The summed E-state index contributed by atoms with van der Waals surface area (Å²) in [7, 11) is 3.18. The van der Waals surface area contributed by atoms with Crippen molar-refractivity contribution in [2.75, 3.05) is 84.6 Å². The third-order valence-electron chi connectivity index (χ3n) is 11.1. The van der Waals surface area contributed by atoms with Gasteiger partial charge in [0.2, 0.25) is 11.8 Å². The van der Waals surface area contributed by atoms with Crippen molar-refractivity contribution in [1.82, 2.24) is 14.7 Å². The largest absolute Gasteiger partial charge is 0.497 e. The molecule has 10 nitrogen and oxygen atoms in total. The van der Waals surface area contributed by atoms with Gasteiger partial charge in [0.05, 0.1) is 37.7 Å². The van der Waals surface area contributed by atoms with Gasteiger partial charge in [-0.2, -0.15) is 13.2 Å². The number of amides is 2. The molecule has 0 aromatic heterocycles. The predicted octanol–water partition coefficient (Wildman–Crippen LogP) is 4.54. The zero-order valence-electron chi connectivity index (χ0n) is 28.7. The first-order chi connectivity index (χ1) is 24.0. The van der Waals surface area contributed by atoms with Crippen LogP contribution in [0.5, 0.6) is 5.75 Å². The van der Waals surface area contributed by atoms with Gasteiger partial charge in [-0.15, -0.1) is 0 Å². The molecule has 0 aliphatic carbocycles. The number of piperidine rings is 1. The van der Waals surface area contributed by atoms with E-state index in [1.54, 1.807) is 14.2 Å². The van der Waals surface area contributed by atoms with Gasteiger partial charge in [-0.25, -0.2) is 0 Å². The van der Waals surface area contributed by atoms with Crippen molar-refractivity contribution in [2.45, 2.75) is 43.7 Å². The van der Waals surface area contributed by atoms with E-state index in [1.165, 1.54) is 12.1 Å². The smallest absolute Gasteiger partial charge is 0.416 e. The minimum atomic E-state index is -4.54. The van der Waals surface area contributed by atoms with Gasteiger partial charge in [-0.3, -0.25) is 19.3 Å². The topological polar surface area (TPSA) is 103 Å². The van der Waals surface area contributed by atoms with Crippen LogP contribution in [-0.4, -0.2) is 117 Å². The van der Waals surface area contributed by atoms with Crippen molar-refractivity contribution in [3.05, 3.63) is 59.2 Å². The molecule has 6 rings (SSSR count). The highest BCUT2D eigenvalue weighted by molar-refractivity contribution is 5.82. The molecule has 13 heteroatoms. The van der Waals surface area contributed by atoms with Crippen molar-refractivity contribution in [3.8, 4) is 5.75 Å². The molecule has 4 fully saturated rings. The number of methoxy groups -OCH3 is 2. The van der Waals surface area contributed by atoms with E-state index >= 15 is 0 Å². The molecule has 4 atom stereocenters. The molecule has 4 aliphatic rings. The lowest BCUT2D eigenvalue weighted by atomic mass is 9.86. The monoisotopic (exact) mass is 700 g/mol. The molecular formula is C37H47F3N4O6. The Hall–Kier alpha value is -3.84. The van der Waals surface area contributed by atoms with Gasteiger partial charge in [0, 0.05) is 82.9 Å². The van der Waals surface area contributed by atoms with Crippen LogP contribution in [0.3, 0.4) is 0 Å². The maximum Gasteiger partial charge on any atom is 0.416 e. The highest BCUT2D eigenvalue weighted by Crippen LogP contribution is 2.44. The number of nitrogens with zero attached hydrogens (tertiary/aromatic N) is 4. The quantitative estimate of drug-likeness (QED) is 0.386. The Kier molecular flexibility index (Phi) is 10.9. The number of carbonyl (C=O) groups is 3. The summed E-state index contributed by atoms with van der Waals surface area (Å²) in [5, 5.41) is 9.52. The Morgan fingerprint density at radius 2 is 1.56 bits per heavy atom. The van der Waals surface area contributed by atoms with Gasteiger partial charge in [0.15, 0.2) is 0 Å². The number of carboxylic acids is 1. The Labute approximate surface area is 291 Å². The second kappa shape index (κ2) is 15.2. The molecule has 4 aliphatic heterocycles. The fourth-order valence-electron chi connectivity index (χ4n) is 8.41. The lowest BCUT2D eigenvalue weighted by Crippen LogP contribution is -2.40. The third-order valence-corrected chi connectivity index (χ3v) is 11.1. The van der Waals surface area contributed by atoms with Crippen LogP contribution in [0.25, 0.3) is 0 Å². The molecule has 4 saturated heterocycles. The number of halogens is 3. The average Bonchev–Trinajstić information content (AvgIpc) is 3.89. The Morgan fingerprint density at radius 1 is 0.860 bits per heavy atom. The molecule has 2 aromatic rings. The van der Waals surface area contributed by atoms with Crippen molar-refractivity contribution >= 4 is 23.5 Å². The van der Waals surface area contributed by atoms with Gasteiger partial charge < -0.3 is 29.3 Å². The molecule has 0 spiro atoms. The van der Waals surface area contributed by atoms with Crippen LogP contribution >= 0.6 is 0 Å². The number of alkyl halides is 3. The minimum Gasteiger partial charge on any atom is -0.497 e. The Morgan fingerprint density at radius 3 is 2.18 bits per heavy atom. The van der Waals surface area contributed by atoms with Crippen LogP contribution in [0.2, 0.25) is 0 Å². The van der Waals surface area contributed by atoms with Crippen molar-refractivity contribution in [3.63, 3.8) is 0 Å². The molecule has 0 radical (unpaired) electrons. The zero-order valence-corrected chi connectivity index (χ0v) is 28.7. The first-order valence-corrected chi connectivity index (χ1v) is 17.6. The molecule has 1 N–H and O–H groups in total. The lowest BCUT2D eigenvalue weighted by molar-refractivity contribution is -0.142. The number of hydrogen-bond donors (Lipinski definition) is 1. The Bertz CT molecular complexity index is 1520. The average molecular weight is 701 g/mol. The molecule has 2 amide bonds. The van der Waals surface area contributed by atoms with E-state index in [1.807, 2.05) is 39.0 Å². The van der Waals surface area contributed by atoms with E-state index < -0.39 is 29.5 Å². The van der Waals surface area contributed by atoms with Crippen molar-refractivity contribution in [1.29, 1.82) is 0 Å². The SMILES string of the molecule is COC[C@H]1CN(C(=O)[C@@H]2CN(CC(=O)N3CCCC3)C[C@H]2c2ccc(OC)cc2)C[C@@H]1c1ccc(C(F)(F)F)cc1N1CCC(C(=O)O)CC1. The normalized spacial score (nSPS) is 25.0. The number of anilines is 1. The number of benzene rings is 2. The van der Waals surface area contributed by atoms with E-state index in [0.717, 1.165) is 37.6 Å². The third kappa shape index (κ3) is 7.73. The molecular weight excluding hydrogens is 653 g/mol. The van der Waals surface area contributed by atoms with Crippen LogP contribution < -0.4 is 9.64 Å². The van der Waals surface area contributed by atoms with Crippen LogP contribution in [-0.2, 0) is 25.3 Å². The maximum absolute atomic E-state index is 14.6. The fourth-order valence-corrected chi connectivity index (χ4v) is 8.41. The first-order valence-electron chi connectivity index (χ1n) is 17.6. The zero-order chi connectivity index (χ0) is 35.6. The molecule has 4 heterocycles. The minimum absolute atomic E-state index is 0.0405. The molecule has 272 valence electrons. The molecule has 2 aromatic carbocycles. The molecule has 0 saturated carbocycles. The van der Waals surface area contributed by atoms with E-state index in [4.69, 9.17) is 9.47 Å². The molecule has 50 heavy (non-hydrogen) atoms. The van der Waals surface area contributed by atoms with Gasteiger partial charge in [0.1, 0.15) is 5.75 Å².